The molecule has 2 nitrogen and oxygen atoms in total. The van der Waals surface area contributed by atoms with E-state index in [1.165, 1.54) is 61.3 Å². The summed E-state index contributed by atoms with van der Waals surface area (Å²) in [5, 5.41) is 2.35. The second kappa shape index (κ2) is 8.65. The van der Waals surface area contributed by atoms with Gasteiger partial charge in [-0.1, -0.05) is 78.9 Å². The van der Waals surface area contributed by atoms with Crippen molar-refractivity contribution in [1.29, 1.82) is 0 Å². The molecule has 0 bridgehead atoms. The van der Waals surface area contributed by atoms with Gasteiger partial charge in [0.2, 0.25) is 0 Å². The second-order valence-corrected chi connectivity index (χ2v) is 11.1. The molecular formula is C38H25BN2. The van der Waals surface area contributed by atoms with Crippen LogP contribution in [0.1, 0.15) is 17.5 Å². The Morgan fingerprint density at radius 2 is 1.24 bits per heavy atom. The van der Waals surface area contributed by atoms with Crippen LogP contribution in [0.3, 0.4) is 0 Å². The number of anilines is 6. The molecule has 0 atom stereocenters. The van der Waals surface area contributed by atoms with Crippen LogP contribution in [0.2, 0.25) is 0 Å². The molecule has 6 aromatic rings. The Hall–Kier alpha value is -5.20. The Balaban J connectivity index is 1.46. The predicted octanol–water partition coefficient (Wildman–Crippen LogP) is 7.48. The minimum atomic E-state index is 0.0864. The van der Waals surface area contributed by atoms with Gasteiger partial charge < -0.3 is 9.80 Å². The zero-order valence-electron chi connectivity index (χ0n) is 22.5. The Morgan fingerprint density at radius 3 is 1.98 bits per heavy atom. The molecule has 0 N–H and O–H groups in total. The molecule has 0 amide bonds. The topological polar surface area (TPSA) is 6.48 Å². The molecule has 0 fully saturated rings. The van der Waals surface area contributed by atoms with Crippen molar-refractivity contribution in [3.05, 3.63) is 145 Å². The molecule has 3 aliphatic rings. The quantitative estimate of drug-likeness (QED) is 0.218. The van der Waals surface area contributed by atoms with E-state index in [4.69, 9.17) is 0 Å². The molecule has 1 aliphatic carbocycles. The van der Waals surface area contributed by atoms with E-state index in [9.17, 15) is 0 Å². The lowest BCUT2D eigenvalue weighted by atomic mass is 9.32. The van der Waals surface area contributed by atoms with Crippen LogP contribution in [-0.2, 0) is 6.42 Å². The van der Waals surface area contributed by atoms with Gasteiger partial charge in [-0.2, -0.15) is 0 Å². The second-order valence-electron chi connectivity index (χ2n) is 11.1. The molecule has 0 aromatic heterocycles. The number of benzene rings is 5. The summed E-state index contributed by atoms with van der Waals surface area (Å²) in [7, 11) is 0. The highest BCUT2D eigenvalue weighted by molar-refractivity contribution is 7.02. The van der Waals surface area contributed by atoms with Crippen LogP contribution in [0.4, 0.5) is 34.1 Å². The standard InChI is InChI=1S/C38H25BN2/c1-3-14-28(15-4-1)40-32-20-11-21-33-38(32)39(36-30-18-9-7-12-26(30)22-24-34(36)40)37-31-19-10-8-13-27(31)23-25-35(37)41(33)29-16-5-2-6-17-29/h1-8,11-17,20-25H,9,18H2. The molecule has 0 unspecified atom stereocenters. The smallest absolute Gasteiger partial charge is 0.254 e. The maximum Gasteiger partial charge on any atom is 0.254 e. The number of hydrogen-bond donors (Lipinski definition) is 0. The number of hydrogen-bond acceptors (Lipinski definition) is 2. The van der Waals surface area contributed by atoms with Gasteiger partial charge in [-0.25, -0.2) is 0 Å². The van der Waals surface area contributed by atoms with E-state index >= 15 is 0 Å². The lowest BCUT2D eigenvalue weighted by Crippen LogP contribution is -2.62. The van der Waals surface area contributed by atoms with Crippen molar-refractivity contribution < 1.29 is 0 Å². The van der Waals surface area contributed by atoms with Gasteiger partial charge in [-0.15, -0.1) is 0 Å². The minimum absolute atomic E-state index is 0.0864. The summed E-state index contributed by atoms with van der Waals surface area (Å²) < 4.78 is 0. The summed E-state index contributed by atoms with van der Waals surface area (Å²) in [6.07, 6.45) is 6.74. The first-order chi connectivity index (χ1) is 20.4. The highest BCUT2D eigenvalue weighted by atomic mass is 15.2. The summed E-state index contributed by atoms with van der Waals surface area (Å²) in [6.45, 7) is 0.0864. The SMILES string of the molecule is c1ccc2ccc3c(c2c#1)B1c2c(cccc2N3c2ccccc2)N(c2ccccc2)c2ccc3c(c21)CCC=C3. The van der Waals surface area contributed by atoms with Gasteiger partial charge in [0.05, 0.1) is 0 Å². The maximum absolute atomic E-state index is 3.56. The van der Waals surface area contributed by atoms with E-state index in [2.05, 4.69) is 143 Å². The lowest BCUT2D eigenvalue weighted by Gasteiger charge is -2.45. The number of fused-ring (bicyclic) bond motifs is 8. The number of rotatable bonds is 2. The highest BCUT2D eigenvalue weighted by Crippen LogP contribution is 2.45. The van der Waals surface area contributed by atoms with Crippen LogP contribution in [0, 0.1) is 12.1 Å². The van der Waals surface area contributed by atoms with Gasteiger partial charge in [-0.3, -0.25) is 0 Å². The third-order valence-corrected chi connectivity index (χ3v) is 8.95. The number of para-hydroxylation sites is 2. The predicted molar refractivity (Wildman–Crippen MR) is 173 cm³/mol. The molecule has 41 heavy (non-hydrogen) atoms. The van der Waals surface area contributed by atoms with Gasteiger partial charge in [0.15, 0.2) is 0 Å². The Labute approximate surface area is 240 Å². The molecule has 3 heteroatoms. The average molecular weight is 520 g/mol. The molecule has 2 heterocycles. The monoisotopic (exact) mass is 520 g/mol. The largest absolute Gasteiger partial charge is 0.311 e. The number of allylic oxidation sites excluding steroid dienone is 1. The normalized spacial score (nSPS) is 14.2. The Bertz CT molecular complexity index is 2000. The molecule has 9 rings (SSSR count). The fourth-order valence-corrected chi connectivity index (χ4v) is 7.33. The first kappa shape index (κ1) is 22.6. The first-order valence-corrected chi connectivity index (χ1v) is 14.4. The van der Waals surface area contributed by atoms with Gasteiger partial charge >= 0.3 is 0 Å². The van der Waals surface area contributed by atoms with Crippen molar-refractivity contribution in [2.75, 3.05) is 9.80 Å². The van der Waals surface area contributed by atoms with Crippen LogP contribution >= 0.6 is 0 Å². The van der Waals surface area contributed by atoms with Crippen molar-refractivity contribution in [1.82, 2.24) is 0 Å². The minimum Gasteiger partial charge on any atom is -0.311 e. The molecule has 0 spiro atoms. The van der Waals surface area contributed by atoms with E-state index < -0.39 is 0 Å². The van der Waals surface area contributed by atoms with Gasteiger partial charge in [0, 0.05) is 39.5 Å². The fourth-order valence-electron chi connectivity index (χ4n) is 7.33. The molecule has 0 saturated carbocycles. The summed E-state index contributed by atoms with van der Waals surface area (Å²) in [5.74, 6) is 0. The summed E-state index contributed by atoms with van der Waals surface area (Å²) >= 11 is 0. The van der Waals surface area contributed by atoms with E-state index in [1.807, 2.05) is 6.07 Å². The van der Waals surface area contributed by atoms with Gasteiger partial charge in [0.1, 0.15) is 0 Å². The number of nitrogens with zero attached hydrogens (tertiary/aromatic N) is 2. The van der Waals surface area contributed by atoms with Crippen LogP contribution < -0.4 is 26.2 Å². The van der Waals surface area contributed by atoms with Crippen LogP contribution in [-0.4, -0.2) is 6.71 Å². The van der Waals surface area contributed by atoms with Crippen LogP contribution in [0.25, 0.3) is 16.8 Å². The first-order valence-electron chi connectivity index (χ1n) is 14.4. The molecule has 2 aliphatic heterocycles. The third kappa shape index (κ3) is 3.16. The van der Waals surface area contributed by atoms with Crippen LogP contribution in [0.15, 0.2) is 121 Å². The van der Waals surface area contributed by atoms with E-state index in [0.717, 1.165) is 23.9 Å². The van der Waals surface area contributed by atoms with Crippen molar-refractivity contribution in [2.24, 2.45) is 0 Å². The fraction of sp³-hybridized carbons (Fsp3) is 0.0526. The zero-order chi connectivity index (χ0) is 26.9. The Kier molecular flexibility index (Phi) is 4.77. The summed E-state index contributed by atoms with van der Waals surface area (Å²) in [4.78, 5) is 4.94. The molecule has 0 saturated heterocycles. The summed E-state index contributed by atoms with van der Waals surface area (Å²) in [6, 6.07) is 48.7. The molecule has 6 aromatic carbocycles. The van der Waals surface area contributed by atoms with Crippen molar-refractivity contribution >= 4 is 74.1 Å². The van der Waals surface area contributed by atoms with Crippen molar-refractivity contribution in [3.8, 4) is 0 Å². The molecule has 0 radical (unpaired) electrons. The molecular weight excluding hydrogens is 495 g/mol. The zero-order valence-corrected chi connectivity index (χ0v) is 22.5. The lowest BCUT2D eigenvalue weighted by molar-refractivity contribution is 0.991. The third-order valence-electron chi connectivity index (χ3n) is 8.95. The van der Waals surface area contributed by atoms with Gasteiger partial charge in [-0.05, 0) is 106 Å². The van der Waals surface area contributed by atoms with E-state index in [1.54, 1.807) is 0 Å². The molecule has 190 valence electrons. The van der Waals surface area contributed by atoms with E-state index in [0.29, 0.717) is 0 Å². The van der Waals surface area contributed by atoms with Crippen LogP contribution in [0.5, 0.6) is 0 Å². The maximum atomic E-state index is 3.56. The van der Waals surface area contributed by atoms with Crippen molar-refractivity contribution in [3.63, 3.8) is 0 Å². The van der Waals surface area contributed by atoms with Crippen molar-refractivity contribution in [2.45, 2.75) is 12.8 Å². The summed E-state index contributed by atoms with van der Waals surface area (Å²) in [5.41, 5.74) is 14.2. The van der Waals surface area contributed by atoms with E-state index in [-0.39, 0.29) is 6.71 Å². The highest BCUT2D eigenvalue weighted by Gasteiger charge is 2.45. The van der Waals surface area contributed by atoms with Gasteiger partial charge in [0.25, 0.3) is 6.71 Å². The average Bonchev–Trinajstić information content (AvgIpc) is 3.05. The Morgan fingerprint density at radius 1 is 0.585 bits per heavy atom.